The van der Waals surface area contributed by atoms with Gasteiger partial charge in [-0.1, -0.05) is 0 Å². The zero-order valence-corrected chi connectivity index (χ0v) is 16.2. The maximum Gasteiger partial charge on any atom is 0.316 e. The fourth-order valence-corrected chi connectivity index (χ4v) is 2.55. The number of rotatable bonds is 6. The lowest BCUT2D eigenvalue weighted by Crippen LogP contribution is -2.66. The number of carbonyl (C=O) groups excluding carboxylic acids is 5. The van der Waals surface area contributed by atoms with Gasteiger partial charge < -0.3 is 34.3 Å². The first-order chi connectivity index (χ1) is 13.0. The Hall–Kier alpha value is -2.89. The Labute approximate surface area is 161 Å². The topological polar surface area (TPSA) is 156 Å². The fraction of sp³-hybridized carbons (Fsp3) is 0.688. The average Bonchev–Trinajstić information content (AvgIpc) is 2.57. The van der Waals surface area contributed by atoms with Gasteiger partial charge in [-0.2, -0.15) is 0 Å². The molecule has 1 fully saturated rings. The van der Waals surface area contributed by atoms with Gasteiger partial charge in [0.1, 0.15) is 12.7 Å². The minimum absolute atomic E-state index is 0.371. The molecule has 1 aliphatic heterocycles. The average molecular weight is 404 g/mol. The SMILES string of the molecule is CNC(=O)N[C@@H]1O[C@H](COC(C)=O)[C@@H](OC(C)=O)[C@H](OC(C)=O)[C@H]1OC(C)=O. The van der Waals surface area contributed by atoms with Crippen LogP contribution in [-0.4, -0.2) is 74.2 Å². The van der Waals surface area contributed by atoms with Crippen molar-refractivity contribution in [1.82, 2.24) is 10.6 Å². The smallest absolute Gasteiger partial charge is 0.316 e. The van der Waals surface area contributed by atoms with E-state index in [4.69, 9.17) is 23.7 Å². The van der Waals surface area contributed by atoms with Crippen LogP contribution in [0.1, 0.15) is 27.7 Å². The zero-order chi connectivity index (χ0) is 21.4. The van der Waals surface area contributed by atoms with E-state index in [0.717, 1.165) is 27.7 Å². The lowest BCUT2D eigenvalue weighted by atomic mass is 9.97. The fourth-order valence-electron chi connectivity index (χ4n) is 2.55. The lowest BCUT2D eigenvalue weighted by molar-refractivity contribution is -0.255. The highest BCUT2D eigenvalue weighted by Crippen LogP contribution is 2.28. The van der Waals surface area contributed by atoms with Gasteiger partial charge in [-0.25, -0.2) is 4.79 Å². The first-order valence-electron chi connectivity index (χ1n) is 8.33. The van der Waals surface area contributed by atoms with E-state index in [1.807, 2.05) is 0 Å². The van der Waals surface area contributed by atoms with Gasteiger partial charge in [0.05, 0.1) is 0 Å². The first kappa shape index (κ1) is 23.1. The van der Waals surface area contributed by atoms with E-state index in [-0.39, 0.29) is 6.61 Å². The molecule has 12 heteroatoms. The van der Waals surface area contributed by atoms with Crippen molar-refractivity contribution in [2.45, 2.75) is 58.3 Å². The van der Waals surface area contributed by atoms with Gasteiger partial charge in [-0.3, -0.25) is 19.2 Å². The van der Waals surface area contributed by atoms with E-state index < -0.39 is 60.6 Å². The summed E-state index contributed by atoms with van der Waals surface area (Å²) in [6.07, 6.45) is -6.35. The molecule has 0 aromatic rings. The maximum absolute atomic E-state index is 11.8. The van der Waals surface area contributed by atoms with E-state index in [2.05, 4.69) is 10.6 Å². The molecular formula is C16H24N2O10. The van der Waals surface area contributed by atoms with Crippen molar-refractivity contribution in [3.05, 3.63) is 0 Å². The Bertz CT molecular complexity index is 623. The van der Waals surface area contributed by atoms with Crippen LogP contribution in [0.4, 0.5) is 4.79 Å². The summed E-state index contributed by atoms with van der Waals surface area (Å²) in [5.74, 6) is -2.88. The molecule has 1 saturated heterocycles. The van der Waals surface area contributed by atoms with Crippen LogP contribution in [0.25, 0.3) is 0 Å². The van der Waals surface area contributed by atoms with Crippen LogP contribution in [0.2, 0.25) is 0 Å². The summed E-state index contributed by atoms with van der Waals surface area (Å²) in [4.78, 5) is 57.6. The van der Waals surface area contributed by atoms with Crippen molar-refractivity contribution in [3.8, 4) is 0 Å². The third kappa shape index (κ3) is 7.02. The van der Waals surface area contributed by atoms with Crippen molar-refractivity contribution >= 4 is 29.9 Å². The summed E-state index contributed by atoms with van der Waals surface area (Å²) in [6, 6.07) is -0.680. The third-order valence-corrected chi connectivity index (χ3v) is 3.49. The molecular weight excluding hydrogens is 380 g/mol. The van der Waals surface area contributed by atoms with Gasteiger partial charge in [-0.05, 0) is 0 Å². The summed E-state index contributed by atoms with van der Waals surface area (Å²) < 4.78 is 26.1. The van der Waals surface area contributed by atoms with Gasteiger partial charge in [0, 0.05) is 34.7 Å². The van der Waals surface area contributed by atoms with E-state index in [0.29, 0.717) is 0 Å². The number of hydrogen-bond donors (Lipinski definition) is 2. The highest BCUT2D eigenvalue weighted by Gasteiger charge is 2.52. The van der Waals surface area contributed by atoms with Gasteiger partial charge in [0.15, 0.2) is 24.5 Å². The Kier molecular flexibility index (Phi) is 8.64. The van der Waals surface area contributed by atoms with E-state index in [9.17, 15) is 24.0 Å². The standard InChI is InChI=1S/C16H24N2O10/c1-7(19)24-6-11-12(25-8(2)20)13(26-9(3)21)14(27-10(4)22)15(28-11)18-16(23)17-5/h11-15H,6H2,1-5H3,(H2,17,18,23)/t11-,12-,13+,14-,15-/m1/s1. The molecule has 1 aliphatic rings. The van der Waals surface area contributed by atoms with Crippen LogP contribution in [0, 0.1) is 0 Å². The maximum atomic E-state index is 11.8. The molecule has 1 rings (SSSR count). The third-order valence-electron chi connectivity index (χ3n) is 3.49. The number of nitrogens with one attached hydrogen (secondary N) is 2. The van der Waals surface area contributed by atoms with Crippen molar-refractivity contribution in [1.29, 1.82) is 0 Å². The molecule has 0 spiro atoms. The lowest BCUT2D eigenvalue weighted by Gasteiger charge is -2.44. The van der Waals surface area contributed by atoms with E-state index >= 15 is 0 Å². The largest absolute Gasteiger partial charge is 0.463 e. The second kappa shape index (κ2) is 10.4. The minimum atomic E-state index is -1.34. The first-order valence-corrected chi connectivity index (χ1v) is 8.33. The number of ether oxygens (including phenoxy) is 5. The number of urea groups is 1. The summed E-state index contributed by atoms with van der Waals surface area (Å²) in [5.41, 5.74) is 0. The normalized spacial score (nSPS) is 26.4. The van der Waals surface area contributed by atoms with Gasteiger partial charge in [-0.15, -0.1) is 0 Å². The second-order valence-electron chi connectivity index (χ2n) is 5.84. The summed E-state index contributed by atoms with van der Waals surface area (Å²) in [6.45, 7) is 4.11. The molecule has 0 bridgehead atoms. The molecule has 0 aliphatic carbocycles. The molecule has 12 nitrogen and oxygen atoms in total. The Morgan fingerprint density at radius 2 is 1.29 bits per heavy atom. The predicted molar refractivity (Wildman–Crippen MR) is 89.5 cm³/mol. The summed E-state index contributed by atoms with van der Waals surface area (Å²) in [5, 5.41) is 4.70. The van der Waals surface area contributed by atoms with E-state index in [1.54, 1.807) is 0 Å². The highest BCUT2D eigenvalue weighted by molar-refractivity contribution is 5.74. The Morgan fingerprint density at radius 1 is 0.786 bits per heavy atom. The van der Waals surface area contributed by atoms with E-state index in [1.165, 1.54) is 7.05 Å². The molecule has 0 aromatic heterocycles. The quantitative estimate of drug-likeness (QED) is 0.416. The molecule has 0 aromatic carbocycles. The second-order valence-corrected chi connectivity index (χ2v) is 5.84. The molecule has 28 heavy (non-hydrogen) atoms. The van der Waals surface area contributed by atoms with Gasteiger partial charge in [0.2, 0.25) is 0 Å². The summed E-state index contributed by atoms with van der Waals surface area (Å²) in [7, 11) is 1.35. The zero-order valence-electron chi connectivity index (χ0n) is 16.2. The summed E-state index contributed by atoms with van der Waals surface area (Å²) >= 11 is 0. The van der Waals surface area contributed by atoms with Gasteiger partial charge in [0.25, 0.3) is 0 Å². The highest BCUT2D eigenvalue weighted by atomic mass is 16.7. The minimum Gasteiger partial charge on any atom is -0.463 e. The number of carbonyl (C=O) groups is 5. The van der Waals surface area contributed by atoms with Crippen LogP contribution >= 0.6 is 0 Å². The van der Waals surface area contributed by atoms with Crippen LogP contribution in [0.3, 0.4) is 0 Å². The Balaban J connectivity index is 3.30. The molecule has 0 saturated carbocycles. The molecule has 0 unspecified atom stereocenters. The van der Waals surface area contributed by atoms with Crippen LogP contribution in [-0.2, 0) is 42.9 Å². The molecule has 5 atom stereocenters. The monoisotopic (exact) mass is 404 g/mol. The van der Waals surface area contributed by atoms with Crippen molar-refractivity contribution in [2.24, 2.45) is 0 Å². The predicted octanol–water partition coefficient (Wildman–Crippen LogP) is -1.00. The van der Waals surface area contributed by atoms with Crippen molar-refractivity contribution in [2.75, 3.05) is 13.7 Å². The van der Waals surface area contributed by atoms with Crippen LogP contribution in [0.15, 0.2) is 0 Å². The van der Waals surface area contributed by atoms with Crippen molar-refractivity contribution in [3.63, 3.8) is 0 Å². The van der Waals surface area contributed by atoms with Crippen LogP contribution in [0.5, 0.6) is 0 Å². The molecule has 1 heterocycles. The molecule has 0 radical (unpaired) electrons. The Morgan fingerprint density at radius 3 is 1.75 bits per heavy atom. The molecule has 2 N–H and O–H groups in total. The number of amides is 2. The molecule has 158 valence electrons. The molecule has 2 amide bonds. The van der Waals surface area contributed by atoms with Crippen molar-refractivity contribution < 1.29 is 47.7 Å². The van der Waals surface area contributed by atoms with Gasteiger partial charge >= 0.3 is 29.9 Å². The van der Waals surface area contributed by atoms with Crippen LogP contribution < -0.4 is 10.6 Å². The number of esters is 4. The number of hydrogen-bond acceptors (Lipinski definition) is 10.